The number of nitrogens with two attached hydrogens (primary N) is 1. The quantitative estimate of drug-likeness (QED) is 0.837. The van der Waals surface area contributed by atoms with Crippen molar-refractivity contribution in [3.8, 4) is 5.69 Å². The van der Waals surface area contributed by atoms with Crippen molar-refractivity contribution in [3.63, 3.8) is 0 Å². The van der Waals surface area contributed by atoms with Gasteiger partial charge in [0, 0.05) is 0 Å². The van der Waals surface area contributed by atoms with Gasteiger partial charge in [-0.2, -0.15) is 0 Å². The highest BCUT2D eigenvalue weighted by Gasteiger charge is 2.12. The standard InChI is InChI=1S/C12H16N4/c1-8(2)10-6-4-5-7-11(10)16-9(3)12(13)14-15-16/h4-8H,13H2,1-3H3. The summed E-state index contributed by atoms with van der Waals surface area (Å²) in [6.45, 7) is 6.25. The Bertz CT molecular complexity index is 499. The molecule has 4 nitrogen and oxygen atoms in total. The molecule has 4 heteroatoms. The summed E-state index contributed by atoms with van der Waals surface area (Å²) in [6.07, 6.45) is 0. The van der Waals surface area contributed by atoms with E-state index in [4.69, 9.17) is 5.73 Å². The molecule has 0 bridgehead atoms. The van der Waals surface area contributed by atoms with E-state index in [0.717, 1.165) is 11.4 Å². The first-order valence-corrected chi connectivity index (χ1v) is 5.38. The molecule has 84 valence electrons. The first kappa shape index (κ1) is 10.7. The highest BCUT2D eigenvalue weighted by Crippen LogP contribution is 2.23. The van der Waals surface area contributed by atoms with Crippen molar-refractivity contribution in [3.05, 3.63) is 35.5 Å². The number of benzene rings is 1. The summed E-state index contributed by atoms with van der Waals surface area (Å²) in [4.78, 5) is 0. The molecular formula is C12H16N4. The number of nitrogens with zero attached hydrogens (tertiary/aromatic N) is 3. The van der Waals surface area contributed by atoms with Crippen LogP contribution in [0.1, 0.15) is 31.0 Å². The number of nitrogen functional groups attached to an aromatic ring is 1. The van der Waals surface area contributed by atoms with E-state index in [0.29, 0.717) is 11.7 Å². The Hall–Kier alpha value is -1.84. The predicted octanol–water partition coefficient (Wildman–Crippen LogP) is 2.28. The van der Waals surface area contributed by atoms with Crippen LogP contribution in [0.25, 0.3) is 5.69 Å². The molecule has 1 heterocycles. The summed E-state index contributed by atoms with van der Waals surface area (Å²) in [7, 11) is 0. The SMILES string of the molecule is Cc1c(N)nnn1-c1ccccc1C(C)C. The average Bonchev–Trinajstić information content (AvgIpc) is 2.60. The van der Waals surface area contributed by atoms with Gasteiger partial charge < -0.3 is 5.73 Å². The monoisotopic (exact) mass is 216 g/mol. The van der Waals surface area contributed by atoms with E-state index in [-0.39, 0.29) is 0 Å². The largest absolute Gasteiger partial charge is 0.381 e. The Morgan fingerprint density at radius 2 is 1.94 bits per heavy atom. The Labute approximate surface area is 95.1 Å². The molecule has 0 saturated heterocycles. The van der Waals surface area contributed by atoms with Crippen molar-refractivity contribution in [2.24, 2.45) is 0 Å². The highest BCUT2D eigenvalue weighted by atomic mass is 15.4. The van der Waals surface area contributed by atoms with Gasteiger partial charge in [0.15, 0.2) is 5.82 Å². The van der Waals surface area contributed by atoms with Gasteiger partial charge in [0.25, 0.3) is 0 Å². The maximum absolute atomic E-state index is 5.71. The summed E-state index contributed by atoms with van der Waals surface area (Å²) in [5.41, 5.74) is 8.89. The lowest BCUT2D eigenvalue weighted by molar-refractivity contribution is 0.756. The highest BCUT2D eigenvalue weighted by molar-refractivity contribution is 5.46. The zero-order valence-electron chi connectivity index (χ0n) is 9.81. The summed E-state index contributed by atoms with van der Waals surface area (Å²) in [6, 6.07) is 8.18. The minimum absolute atomic E-state index is 0.445. The van der Waals surface area contributed by atoms with Gasteiger partial charge in [-0.1, -0.05) is 37.3 Å². The number of para-hydroxylation sites is 1. The van der Waals surface area contributed by atoms with E-state index in [1.54, 1.807) is 4.68 Å². The van der Waals surface area contributed by atoms with Crippen LogP contribution in [0, 0.1) is 6.92 Å². The molecule has 0 aliphatic carbocycles. The third kappa shape index (κ3) is 1.66. The van der Waals surface area contributed by atoms with Gasteiger partial charge in [-0.05, 0) is 24.5 Å². The van der Waals surface area contributed by atoms with Crippen LogP contribution in [0.15, 0.2) is 24.3 Å². The minimum atomic E-state index is 0.445. The Balaban J connectivity index is 2.60. The molecule has 0 saturated carbocycles. The van der Waals surface area contributed by atoms with Gasteiger partial charge in [0.1, 0.15) is 0 Å². The smallest absolute Gasteiger partial charge is 0.169 e. The molecule has 0 aliphatic rings. The molecule has 0 fully saturated rings. The van der Waals surface area contributed by atoms with Crippen molar-refractivity contribution < 1.29 is 0 Å². The second-order valence-electron chi connectivity index (χ2n) is 4.19. The molecule has 0 radical (unpaired) electrons. The molecule has 2 rings (SSSR count). The fraction of sp³-hybridized carbons (Fsp3) is 0.333. The lowest BCUT2D eigenvalue weighted by Gasteiger charge is -2.12. The van der Waals surface area contributed by atoms with Crippen molar-refractivity contribution in [2.75, 3.05) is 5.73 Å². The lowest BCUT2D eigenvalue weighted by Crippen LogP contribution is -2.04. The van der Waals surface area contributed by atoms with Crippen LogP contribution in [-0.2, 0) is 0 Å². The van der Waals surface area contributed by atoms with E-state index in [9.17, 15) is 0 Å². The van der Waals surface area contributed by atoms with Crippen LogP contribution >= 0.6 is 0 Å². The zero-order chi connectivity index (χ0) is 11.7. The molecular weight excluding hydrogens is 200 g/mol. The van der Waals surface area contributed by atoms with Crippen molar-refractivity contribution in [2.45, 2.75) is 26.7 Å². The number of anilines is 1. The van der Waals surface area contributed by atoms with Gasteiger partial charge in [-0.25, -0.2) is 4.68 Å². The van der Waals surface area contributed by atoms with Gasteiger partial charge in [0.05, 0.1) is 11.4 Å². The fourth-order valence-corrected chi connectivity index (χ4v) is 1.74. The molecule has 2 N–H and O–H groups in total. The molecule has 1 aromatic carbocycles. The van der Waals surface area contributed by atoms with Crippen molar-refractivity contribution >= 4 is 5.82 Å². The molecule has 16 heavy (non-hydrogen) atoms. The number of hydrogen-bond acceptors (Lipinski definition) is 3. The molecule has 0 atom stereocenters. The van der Waals surface area contributed by atoms with E-state index in [1.807, 2.05) is 25.1 Å². The summed E-state index contributed by atoms with van der Waals surface area (Å²) in [5.74, 6) is 0.930. The van der Waals surface area contributed by atoms with Crippen molar-refractivity contribution in [1.29, 1.82) is 0 Å². The molecule has 0 unspecified atom stereocenters. The van der Waals surface area contributed by atoms with Gasteiger partial charge in [-0.15, -0.1) is 5.10 Å². The van der Waals surface area contributed by atoms with Gasteiger partial charge in [-0.3, -0.25) is 0 Å². The molecule has 1 aromatic heterocycles. The van der Waals surface area contributed by atoms with Crippen LogP contribution in [-0.4, -0.2) is 15.0 Å². The Kier molecular flexibility index (Phi) is 2.64. The predicted molar refractivity (Wildman–Crippen MR) is 64.6 cm³/mol. The molecule has 0 aliphatic heterocycles. The number of hydrogen-bond donors (Lipinski definition) is 1. The Morgan fingerprint density at radius 1 is 1.25 bits per heavy atom. The van der Waals surface area contributed by atoms with E-state index >= 15 is 0 Å². The summed E-state index contributed by atoms with van der Waals surface area (Å²) < 4.78 is 1.80. The van der Waals surface area contributed by atoms with Crippen LogP contribution in [0.4, 0.5) is 5.82 Å². The third-order valence-corrected chi connectivity index (χ3v) is 2.72. The topological polar surface area (TPSA) is 56.7 Å². The van der Waals surface area contributed by atoms with E-state index in [2.05, 4.69) is 30.2 Å². The van der Waals surface area contributed by atoms with Crippen LogP contribution in [0.5, 0.6) is 0 Å². The number of rotatable bonds is 2. The van der Waals surface area contributed by atoms with E-state index < -0.39 is 0 Å². The number of aromatic nitrogens is 3. The minimum Gasteiger partial charge on any atom is -0.381 e. The fourth-order valence-electron chi connectivity index (χ4n) is 1.74. The maximum Gasteiger partial charge on any atom is 0.169 e. The second kappa shape index (κ2) is 3.96. The normalized spacial score (nSPS) is 11.0. The lowest BCUT2D eigenvalue weighted by atomic mass is 10.0. The summed E-state index contributed by atoms with van der Waals surface area (Å²) >= 11 is 0. The first-order chi connectivity index (χ1) is 7.61. The molecule has 0 spiro atoms. The Morgan fingerprint density at radius 3 is 2.50 bits per heavy atom. The van der Waals surface area contributed by atoms with Gasteiger partial charge >= 0.3 is 0 Å². The maximum atomic E-state index is 5.71. The van der Waals surface area contributed by atoms with Crippen LogP contribution in [0.2, 0.25) is 0 Å². The van der Waals surface area contributed by atoms with Crippen LogP contribution < -0.4 is 5.73 Å². The average molecular weight is 216 g/mol. The second-order valence-corrected chi connectivity index (χ2v) is 4.19. The van der Waals surface area contributed by atoms with Gasteiger partial charge in [0.2, 0.25) is 0 Å². The first-order valence-electron chi connectivity index (χ1n) is 5.38. The molecule has 0 amide bonds. The third-order valence-electron chi connectivity index (χ3n) is 2.72. The summed E-state index contributed by atoms with van der Waals surface area (Å²) in [5, 5.41) is 7.95. The van der Waals surface area contributed by atoms with Crippen molar-refractivity contribution in [1.82, 2.24) is 15.0 Å². The molecule has 2 aromatic rings. The zero-order valence-corrected chi connectivity index (χ0v) is 9.81. The van der Waals surface area contributed by atoms with E-state index in [1.165, 1.54) is 5.56 Å². The van der Waals surface area contributed by atoms with Crippen LogP contribution in [0.3, 0.4) is 0 Å².